The molecular weight excluding hydrogens is 296 g/mol. The Balaban J connectivity index is 1.68. The third-order valence-electron chi connectivity index (χ3n) is 3.44. The van der Waals surface area contributed by atoms with Crippen molar-refractivity contribution in [2.75, 3.05) is 25.6 Å². The highest BCUT2D eigenvalue weighted by Crippen LogP contribution is 2.26. The average molecular weight is 314 g/mol. The van der Waals surface area contributed by atoms with Crippen LogP contribution in [-0.4, -0.2) is 41.0 Å². The molecule has 0 spiro atoms. The number of anilines is 1. The Labute approximate surface area is 133 Å². The summed E-state index contributed by atoms with van der Waals surface area (Å²) in [6, 6.07) is 9.43. The minimum absolute atomic E-state index is 0.0681. The van der Waals surface area contributed by atoms with E-state index in [-0.39, 0.29) is 12.5 Å². The molecule has 0 atom stereocenters. The number of rotatable bonds is 7. The molecule has 3 aromatic rings. The number of aromatic nitrogens is 3. The van der Waals surface area contributed by atoms with Gasteiger partial charge in [0.1, 0.15) is 11.6 Å². The first-order valence-electron chi connectivity index (χ1n) is 7.27. The highest BCUT2D eigenvalue weighted by atomic mass is 16.5. The van der Waals surface area contributed by atoms with Gasteiger partial charge in [-0.2, -0.15) is 5.10 Å². The second kappa shape index (κ2) is 6.97. The smallest absolute Gasteiger partial charge is 0.263 e. The standard InChI is InChI=1S/C16H18N4O3/c1-22-10-9-20-8-6-12-13(20)3-2-4-14(12)23-11-16(21)18-15-5-7-17-19-15/h2-8H,9-11H2,1H3,(H2,17,18,19,21). The number of carbonyl (C=O) groups is 1. The lowest BCUT2D eigenvalue weighted by Crippen LogP contribution is -2.20. The molecule has 0 aliphatic heterocycles. The van der Waals surface area contributed by atoms with E-state index in [1.807, 2.05) is 30.5 Å². The van der Waals surface area contributed by atoms with Gasteiger partial charge in [0.15, 0.2) is 6.61 Å². The molecule has 1 amide bonds. The number of nitrogens with zero attached hydrogens (tertiary/aromatic N) is 2. The lowest BCUT2D eigenvalue weighted by Gasteiger charge is -2.09. The summed E-state index contributed by atoms with van der Waals surface area (Å²) in [6.45, 7) is 1.34. The van der Waals surface area contributed by atoms with Crippen molar-refractivity contribution in [3.63, 3.8) is 0 Å². The molecule has 0 aliphatic carbocycles. The van der Waals surface area contributed by atoms with Crippen molar-refractivity contribution in [3.8, 4) is 5.75 Å². The molecule has 0 saturated carbocycles. The highest BCUT2D eigenvalue weighted by Gasteiger charge is 2.09. The van der Waals surface area contributed by atoms with Crippen LogP contribution < -0.4 is 10.1 Å². The van der Waals surface area contributed by atoms with Crippen molar-refractivity contribution in [2.45, 2.75) is 6.54 Å². The van der Waals surface area contributed by atoms with E-state index < -0.39 is 0 Å². The van der Waals surface area contributed by atoms with Gasteiger partial charge in [0.25, 0.3) is 5.91 Å². The average Bonchev–Trinajstić information content (AvgIpc) is 3.20. The van der Waals surface area contributed by atoms with Gasteiger partial charge < -0.3 is 19.4 Å². The number of carbonyl (C=O) groups excluding carboxylic acids is 1. The van der Waals surface area contributed by atoms with Crippen LogP contribution in [0, 0.1) is 0 Å². The molecule has 0 fully saturated rings. The summed E-state index contributed by atoms with van der Waals surface area (Å²) < 4.78 is 12.9. The topological polar surface area (TPSA) is 81.2 Å². The SMILES string of the molecule is COCCn1ccc2c(OCC(=O)Nc3ccn[nH]3)cccc21. The van der Waals surface area contributed by atoms with Gasteiger partial charge in [-0.1, -0.05) is 6.07 Å². The fraction of sp³-hybridized carbons (Fsp3) is 0.250. The largest absolute Gasteiger partial charge is 0.483 e. The molecule has 1 aromatic carbocycles. The van der Waals surface area contributed by atoms with E-state index in [0.29, 0.717) is 18.2 Å². The van der Waals surface area contributed by atoms with Gasteiger partial charge in [-0.25, -0.2) is 0 Å². The van der Waals surface area contributed by atoms with Crippen LogP contribution in [-0.2, 0) is 16.1 Å². The zero-order chi connectivity index (χ0) is 16.1. The molecule has 2 aromatic heterocycles. The summed E-state index contributed by atoms with van der Waals surface area (Å²) in [7, 11) is 1.68. The van der Waals surface area contributed by atoms with Crippen LogP contribution >= 0.6 is 0 Å². The first-order valence-corrected chi connectivity index (χ1v) is 7.27. The van der Waals surface area contributed by atoms with E-state index in [0.717, 1.165) is 17.4 Å². The van der Waals surface area contributed by atoms with Gasteiger partial charge in [0.2, 0.25) is 0 Å². The zero-order valence-corrected chi connectivity index (χ0v) is 12.8. The van der Waals surface area contributed by atoms with E-state index in [4.69, 9.17) is 9.47 Å². The first kappa shape index (κ1) is 15.1. The second-order valence-corrected chi connectivity index (χ2v) is 5.00. The maximum absolute atomic E-state index is 11.9. The summed E-state index contributed by atoms with van der Waals surface area (Å²) in [4.78, 5) is 11.9. The third kappa shape index (κ3) is 3.51. The molecule has 0 saturated heterocycles. The van der Waals surface area contributed by atoms with Crippen LogP contribution in [0.25, 0.3) is 10.9 Å². The van der Waals surface area contributed by atoms with Gasteiger partial charge in [-0.15, -0.1) is 0 Å². The van der Waals surface area contributed by atoms with Crippen LogP contribution in [0.5, 0.6) is 5.75 Å². The number of methoxy groups -OCH3 is 1. The molecule has 0 radical (unpaired) electrons. The monoisotopic (exact) mass is 314 g/mol. The number of H-pyrrole nitrogens is 1. The summed E-state index contributed by atoms with van der Waals surface area (Å²) in [5.41, 5.74) is 1.05. The Kier molecular flexibility index (Phi) is 4.58. The first-order chi connectivity index (χ1) is 11.3. The Morgan fingerprint density at radius 1 is 1.35 bits per heavy atom. The van der Waals surface area contributed by atoms with Crippen molar-refractivity contribution < 1.29 is 14.3 Å². The lowest BCUT2D eigenvalue weighted by molar-refractivity contribution is -0.118. The van der Waals surface area contributed by atoms with Crippen molar-refractivity contribution in [1.82, 2.24) is 14.8 Å². The molecule has 3 rings (SSSR count). The predicted octanol–water partition coefficient (Wildman–Crippen LogP) is 2.03. The lowest BCUT2D eigenvalue weighted by atomic mass is 10.2. The number of hydrogen-bond donors (Lipinski definition) is 2. The fourth-order valence-electron chi connectivity index (χ4n) is 2.36. The maximum atomic E-state index is 11.9. The molecule has 0 bridgehead atoms. The van der Waals surface area contributed by atoms with Crippen molar-refractivity contribution in [1.29, 1.82) is 0 Å². The second-order valence-electron chi connectivity index (χ2n) is 5.00. The molecular formula is C16H18N4O3. The molecule has 0 aliphatic rings. The number of hydrogen-bond acceptors (Lipinski definition) is 4. The molecule has 0 unspecified atom stereocenters. The number of benzene rings is 1. The van der Waals surface area contributed by atoms with Crippen LogP contribution in [0.3, 0.4) is 0 Å². The number of ether oxygens (including phenoxy) is 2. The molecule has 120 valence electrons. The molecule has 2 heterocycles. The Hall–Kier alpha value is -2.80. The predicted molar refractivity (Wildman–Crippen MR) is 86.5 cm³/mol. The number of nitrogens with one attached hydrogen (secondary N) is 2. The number of fused-ring (bicyclic) bond motifs is 1. The molecule has 7 nitrogen and oxygen atoms in total. The summed E-state index contributed by atoms with van der Waals surface area (Å²) >= 11 is 0. The van der Waals surface area contributed by atoms with Gasteiger partial charge in [-0.3, -0.25) is 9.89 Å². The van der Waals surface area contributed by atoms with E-state index in [9.17, 15) is 4.79 Å². The van der Waals surface area contributed by atoms with Crippen LogP contribution in [0.4, 0.5) is 5.82 Å². The van der Waals surface area contributed by atoms with Crippen LogP contribution in [0.1, 0.15) is 0 Å². The van der Waals surface area contributed by atoms with Gasteiger partial charge in [0.05, 0.1) is 18.3 Å². The van der Waals surface area contributed by atoms with Crippen molar-refractivity contribution in [2.24, 2.45) is 0 Å². The highest BCUT2D eigenvalue weighted by molar-refractivity contribution is 5.91. The van der Waals surface area contributed by atoms with Gasteiger partial charge in [-0.05, 0) is 18.2 Å². The quantitative estimate of drug-likeness (QED) is 0.699. The minimum Gasteiger partial charge on any atom is -0.483 e. The fourth-order valence-corrected chi connectivity index (χ4v) is 2.36. The van der Waals surface area contributed by atoms with Crippen LogP contribution in [0.2, 0.25) is 0 Å². The minimum atomic E-state index is -0.245. The van der Waals surface area contributed by atoms with Crippen LogP contribution in [0.15, 0.2) is 42.7 Å². The van der Waals surface area contributed by atoms with E-state index >= 15 is 0 Å². The molecule has 23 heavy (non-hydrogen) atoms. The van der Waals surface area contributed by atoms with Crippen molar-refractivity contribution >= 4 is 22.6 Å². The Morgan fingerprint density at radius 2 is 2.26 bits per heavy atom. The number of amides is 1. The summed E-state index contributed by atoms with van der Waals surface area (Å²) in [5.74, 6) is 0.978. The third-order valence-corrected chi connectivity index (χ3v) is 3.44. The summed E-state index contributed by atoms with van der Waals surface area (Å²) in [6.07, 6.45) is 3.56. The Morgan fingerprint density at radius 3 is 3.04 bits per heavy atom. The Bertz CT molecular complexity index is 780. The van der Waals surface area contributed by atoms with E-state index in [1.165, 1.54) is 0 Å². The van der Waals surface area contributed by atoms with E-state index in [2.05, 4.69) is 20.1 Å². The normalized spacial score (nSPS) is 10.8. The maximum Gasteiger partial charge on any atom is 0.263 e. The molecule has 7 heteroatoms. The zero-order valence-electron chi connectivity index (χ0n) is 12.8. The van der Waals surface area contributed by atoms with Crippen molar-refractivity contribution in [3.05, 3.63) is 42.7 Å². The van der Waals surface area contributed by atoms with Gasteiger partial charge >= 0.3 is 0 Å². The number of aromatic amines is 1. The van der Waals surface area contributed by atoms with Gasteiger partial charge in [0, 0.05) is 31.3 Å². The summed E-state index contributed by atoms with van der Waals surface area (Å²) in [5, 5.41) is 10.1. The van der Waals surface area contributed by atoms with E-state index in [1.54, 1.807) is 19.4 Å². The molecule has 2 N–H and O–H groups in total.